The highest BCUT2D eigenvalue weighted by atomic mass is 16.2. The van der Waals surface area contributed by atoms with Gasteiger partial charge in [0.15, 0.2) is 0 Å². The molecule has 0 radical (unpaired) electrons. The van der Waals surface area contributed by atoms with Crippen LogP contribution in [0.4, 0.5) is 11.4 Å². The van der Waals surface area contributed by atoms with Gasteiger partial charge in [-0.05, 0) is 37.5 Å². The van der Waals surface area contributed by atoms with Gasteiger partial charge in [-0.15, -0.1) is 0 Å². The quantitative estimate of drug-likeness (QED) is 0.815. The van der Waals surface area contributed by atoms with Gasteiger partial charge in [0.1, 0.15) is 0 Å². The molecular formula is C20H20N2O2. The van der Waals surface area contributed by atoms with E-state index in [1.165, 1.54) is 5.56 Å². The highest BCUT2D eigenvalue weighted by Gasteiger charge is 2.38. The third-order valence-electron chi connectivity index (χ3n) is 4.89. The van der Waals surface area contributed by atoms with Crippen molar-refractivity contribution >= 4 is 23.1 Å². The lowest BCUT2D eigenvalue weighted by Crippen LogP contribution is -2.29. The molecule has 0 bridgehead atoms. The molecule has 1 fully saturated rings. The fourth-order valence-corrected chi connectivity index (χ4v) is 3.58. The second-order valence-corrected chi connectivity index (χ2v) is 6.57. The molecular weight excluding hydrogens is 300 g/mol. The number of carbonyl (C=O) groups excluding carboxylic acids is 2. The molecule has 24 heavy (non-hydrogen) atoms. The number of benzene rings is 2. The van der Waals surface area contributed by atoms with E-state index in [2.05, 4.69) is 4.90 Å². The number of carbonyl (C=O) groups is 2. The Balaban J connectivity index is 1.72. The van der Waals surface area contributed by atoms with E-state index in [0.717, 1.165) is 42.9 Å². The summed E-state index contributed by atoms with van der Waals surface area (Å²) in [7, 11) is 0. The normalized spacial score (nSPS) is 16.9. The molecule has 2 aromatic carbocycles. The number of fused-ring (bicyclic) bond motifs is 1. The van der Waals surface area contributed by atoms with Crippen molar-refractivity contribution < 1.29 is 9.59 Å². The van der Waals surface area contributed by atoms with Crippen LogP contribution in [-0.2, 0) is 11.3 Å². The van der Waals surface area contributed by atoms with Crippen molar-refractivity contribution in [2.24, 2.45) is 0 Å². The lowest BCUT2D eigenvalue weighted by Gasteiger charge is -2.21. The number of ketones is 1. The molecule has 0 atom stereocenters. The highest BCUT2D eigenvalue weighted by Crippen LogP contribution is 2.38. The van der Waals surface area contributed by atoms with Gasteiger partial charge in [0.2, 0.25) is 0 Å². The predicted octanol–water partition coefficient (Wildman–Crippen LogP) is 3.32. The molecule has 0 spiro atoms. The fourth-order valence-electron chi connectivity index (χ4n) is 3.58. The molecule has 2 aromatic rings. The lowest BCUT2D eigenvalue weighted by molar-refractivity contribution is -0.114. The Labute approximate surface area is 141 Å². The molecule has 4 rings (SSSR count). The van der Waals surface area contributed by atoms with E-state index < -0.39 is 5.91 Å². The predicted molar refractivity (Wildman–Crippen MR) is 94.6 cm³/mol. The van der Waals surface area contributed by atoms with Gasteiger partial charge in [-0.3, -0.25) is 9.59 Å². The zero-order chi connectivity index (χ0) is 16.7. The van der Waals surface area contributed by atoms with Gasteiger partial charge in [0.05, 0.1) is 23.5 Å². The van der Waals surface area contributed by atoms with Gasteiger partial charge in [-0.1, -0.05) is 35.9 Å². The van der Waals surface area contributed by atoms with Crippen LogP contribution in [-0.4, -0.2) is 24.8 Å². The third kappa shape index (κ3) is 2.39. The number of nitrogens with zero attached hydrogens (tertiary/aromatic N) is 2. The monoisotopic (exact) mass is 320 g/mol. The number of anilines is 2. The van der Waals surface area contributed by atoms with Gasteiger partial charge in [0, 0.05) is 13.1 Å². The summed E-state index contributed by atoms with van der Waals surface area (Å²) in [6.07, 6.45) is 2.28. The minimum atomic E-state index is -0.419. The summed E-state index contributed by atoms with van der Waals surface area (Å²) in [5.41, 5.74) is 4.45. The first-order valence-corrected chi connectivity index (χ1v) is 8.45. The summed E-state index contributed by atoms with van der Waals surface area (Å²) < 4.78 is 0. The minimum Gasteiger partial charge on any atom is -0.371 e. The second kappa shape index (κ2) is 5.78. The molecule has 0 N–H and O–H groups in total. The van der Waals surface area contributed by atoms with Crippen molar-refractivity contribution in [3.8, 4) is 0 Å². The van der Waals surface area contributed by atoms with E-state index in [4.69, 9.17) is 0 Å². The number of hydrogen-bond acceptors (Lipinski definition) is 3. The molecule has 2 aliphatic rings. The summed E-state index contributed by atoms with van der Waals surface area (Å²) in [5, 5.41) is 0. The van der Waals surface area contributed by atoms with Crippen LogP contribution in [0.5, 0.6) is 0 Å². The van der Waals surface area contributed by atoms with Crippen molar-refractivity contribution in [1.29, 1.82) is 0 Å². The van der Waals surface area contributed by atoms with Gasteiger partial charge in [-0.2, -0.15) is 0 Å². The molecule has 122 valence electrons. The van der Waals surface area contributed by atoms with Gasteiger partial charge < -0.3 is 9.80 Å². The standard InChI is InChI=1S/C20H20N2O2/c1-14-7-9-15(10-8-14)13-22-17-6-4-5-16(21-11-2-3-12-21)18(17)19(23)20(22)24/h4-10H,2-3,11-13H2,1H3. The van der Waals surface area contributed by atoms with Crippen LogP contribution in [0.2, 0.25) is 0 Å². The van der Waals surface area contributed by atoms with E-state index >= 15 is 0 Å². The molecule has 0 aromatic heterocycles. The molecule has 2 heterocycles. The van der Waals surface area contributed by atoms with Crippen molar-refractivity contribution in [3.63, 3.8) is 0 Å². The van der Waals surface area contributed by atoms with Gasteiger partial charge >= 0.3 is 0 Å². The zero-order valence-corrected chi connectivity index (χ0v) is 13.8. The lowest BCUT2D eigenvalue weighted by atomic mass is 10.1. The van der Waals surface area contributed by atoms with E-state index in [1.54, 1.807) is 4.90 Å². The van der Waals surface area contributed by atoms with Crippen molar-refractivity contribution in [2.45, 2.75) is 26.3 Å². The maximum absolute atomic E-state index is 12.6. The van der Waals surface area contributed by atoms with Crippen LogP contribution in [0.3, 0.4) is 0 Å². The Morgan fingerprint density at radius 3 is 2.29 bits per heavy atom. The Hall–Kier alpha value is -2.62. The topological polar surface area (TPSA) is 40.6 Å². The van der Waals surface area contributed by atoms with Gasteiger partial charge in [0.25, 0.3) is 11.7 Å². The fraction of sp³-hybridized carbons (Fsp3) is 0.300. The summed E-state index contributed by atoms with van der Waals surface area (Å²) >= 11 is 0. The van der Waals surface area contributed by atoms with E-state index in [1.807, 2.05) is 49.4 Å². The number of rotatable bonds is 3. The number of hydrogen-bond donors (Lipinski definition) is 0. The molecule has 4 heteroatoms. The van der Waals surface area contributed by atoms with Crippen LogP contribution < -0.4 is 9.80 Å². The van der Waals surface area contributed by atoms with E-state index in [9.17, 15) is 9.59 Å². The molecule has 1 amide bonds. The molecule has 0 aliphatic carbocycles. The summed E-state index contributed by atoms with van der Waals surface area (Å²) in [6.45, 7) is 4.37. The molecule has 2 aliphatic heterocycles. The average molecular weight is 320 g/mol. The maximum Gasteiger partial charge on any atom is 0.299 e. The summed E-state index contributed by atoms with van der Waals surface area (Å²) in [6, 6.07) is 13.9. The zero-order valence-electron chi connectivity index (χ0n) is 13.8. The Kier molecular flexibility index (Phi) is 3.60. The highest BCUT2D eigenvalue weighted by molar-refractivity contribution is 6.53. The first kappa shape index (κ1) is 14.9. The van der Waals surface area contributed by atoms with Crippen LogP contribution in [0.1, 0.15) is 34.3 Å². The van der Waals surface area contributed by atoms with Crippen LogP contribution >= 0.6 is 0 Å². The molecule has 0 unspecified atom stereocenters. The number of Topliss-reactive ketones (excluding diaryl/α,β-unsaturated/α-hetero) is 1. The maximum atomic E-state index is 12.6. The smallest absolute Gasteiger partial charge is 0.299 e. The average Bonchev–Trinajstić information content (AvgIpc) is 3.20. The molecule has 1 saturated heterocycles. The van der Waals surface area contributed by atoms with E-state index in [0.29, 0.717) is 12.1 Å². The van der Waals surface area contributed by atoms with Crippen LogP contribution in [0.25, 0.3) is 0 Å². The molecule has 0 saturated carbocycles. The van der Waals surface area contributed by atoms with Crippen molar-refractivity contribution in [1.82, 2.24) is 0 Å². The number of amides is 1. The van der Waals surface area contributed by atoms with Crippen molar-refractivity contribution in [2.75, 3.05) is 22.9 Å². The van der Waals surface area contributed by atoms with Crippen LogP contribution in [0.15, 0.2) is 42.5 Å². The minimum absolute atomic E-state index is 0.375. The Morgan fingerprint density at radius 2 is 1.58 bits per heavy atom. The SMILES string of the molecule is Cc1ccc(CN2C(=O)C(=O)c3c(N4CCCC4)cccc32)cc1. The van der Waals surface area contributed by atoms with Gasteiger partial charge in [-0.25, -0.2) is 0 Å². The first-order chi connectivity index (χ1) is 11.6. The summed E-state index contributed by atoms with van der Waals surface area (Å²) in [4.78, 5) is 29.0. The second-order valence-electron chi connectivity index (χ2n) is 6.57. The van der Waals surface area contributed by atoms with Crippen LogP contribution in [0, 0.1) is 6.92 Å². The molecule has 4 nitrogen and oxygen atoms in total. The largest absolute Gasteiger partial charge is 0.371 e. The van der Waals surface area contributed by atoms with E-state index in [-0.39, 0.29) is 5.78 Å². The summed E-state index contributed by atoms with van der Waals surface area (Å²) in [5.74, 6) is -0.795. The third-order valence-corrected chi connectivity index (χ3v) is 4.89. The Bertz CT molecular complexity index is 805. The Morgan fingerprint density at radius 1 is 0.917 bits per heavy atom. The first-order valence-electron chi connectivity index (χ1n) is 8.45. The van der Waals surface area contributed by atoms with Crippen molar-refractivity contribution in [3.05, 3.63) is 59.2 Å². The number of aryl methyl sites for hydroxylation is 1.